The summed E-state index contributed by atoms with van der Waals surface area (Å²) in [4.78, 5) is 34.5. The van der Waals surface area contributed by atoms with Crippen molar-refractivity contribution in [3.63, 3.8) is 0 Å². The molecule has 0 heterocycles. The van der Waals surface area contributed by atoms with Gasteiger partial charge in [0.1, 0.15) is 6.04 Å². The first-order valence-corrected chi connectivity index (χ1v) is 7.43. The van der Waals surface area contributed by atoms with Crippen LogP contribution in [0, 0.1) is 5.41 Å². The van der Waals surface area contributed by atoms with Crippen LogP contribution in [0.3, 0.4) is 0 Å². The molecule has 0 aromatic heterocycles. The molecule has 120 valence electrons. The van der Waals surface area contributed by atoms with Gasteiger partial charge in [0, 0.05) is 13.0 Å². The van der Waals surface area contributed by atoms with Crippen molar-refractivity contribution in [3.8, 4) is 0 Å². The predicted molar refractivity (Wildman–Crippen MR) is 77.2 cm³/mol. The maximum Gasteiger partial charge on any atom is 0.326 e. The molecule has 21 heavy (non-hydrogen) atoms. The second-order valence-corrected chi connectivity index (χ2v) is 5.77. The number of hydrogen-bond donors (Lipinski definition) is 4. The van der Waals surface area contributed by atoms with E-state index in [1.165, 1.54) is 0 Å². The standard InChI is InChI=1S/C14H25N3O4/c15-9-14(7-3-1-2-4-8-14)13(21)17-10(12(19)20)5-6-11(16)18/h10H,1-9,15H2,(H2,16,18)(H,17,21)(H,19,20)/t10-/m1/s1. The number of nitrogens with two attached hydrogens (primary N) is 2. The van der Waals surface area contributed by atoms with Gasteiger partial charge in [-0.2, -0.15) is 0 Å². The Morgan fingerprint density at radius 3 is 2.14 bits per heavy atom. The molecule has 1 saturated carbocycles. The smallest absolute Gasteiger partial charge is 0.326 e. The molecule has 1 rings (SSSR count). The Kier molecular flexibility index (Phi) is 6.61. The molecule has 7 heteroatoms. The summed E-state index contributed by atoms with van der Waals surface area (Å²) in [7, 11) is 0. The van der Waals surface area contributed by atoms with Gasteiger partial charge in [0.05, 0.1) is 5.41 Å². The second kappa shape index (κ2) is 7.97. The van der Waals surface area contributed by atoms with Crippen LogP contribution in [0.5, 0.6) is 0 Å². The van der Waals surface area contributed by atoms with Crippen LogP contribution in [-0.2, 0) is 14.4 Å². The maximum atomic E-state index is 12.5. The number of primary amides is 1. The summed E-state index contributed by atoms with van der Waals surface area (Å²) >= 11 is 0. The summed E-state index contributed by atoms with van der Waals surface area (Å²) in [5, 5.41) is 11.7. The molecule has 6 N–H and O–H groups in total. The summed E-state index contributed by atoms with van der Waals surface area (Å²) in [5.74, 6) is -2.06. The van der Waals surface area contributed by atoms with E-state index < -0.39 is 23.3 Å². The molecule has 0 aliphatic heterocycles. The van der Waals surface area contributed by atoms with E-state index in [1.54, 1.807) is 0 Å². The number of amides is 2. The third-order valence-corrected chi connectivity index (χ3v) is 4.22. The highest BCUT2D eigenvalue weighted by Gasteiger charge is 2.38. The minimum atomic E-state index is -1.16. The van der Waals surface area contributed by atoms with Crippen molar-refractivity contribution in [2.75, 3.05) is 6.54 Å². The van der Waals surface area contributed by atoms with E-state index in [9.17, 15) is 14.4 Å². The normalized spacial score (nSPS) is 19.3. The van der Waals surface area contributed by atoms with Crippen molar-refractivity contribution >= 4 is 17.8 Å². The molecule has 1 atom stereocenters. The Morgan fingerprint density at radius 1 is 1.14 bits per heavy atom. The SMILES string of the molecule is NCC1(C(=O)N[C@H](CCC(N)=O)C(=O)O)CCCCCC1. The molecular formula is C14H25N3O4. The Morgan fingerprint density at radius 2 is 1.71 bits per heavy atom. The fraction of sp³-hybridized carbons (Fsp3) is 0.786. The molecule has 0 bridgehead atoms. The van der Waals surface area contributed by atoms with Crippen LogP contribution in [0.4, 0.5) is 0 Å². The number of carbonyl (C=O) groups excluding carboxylic acids is 2. The number of carboxylic acid groups (broad SMARTS) is 1. The third-order valence-electron chi connectivity index (χ3n) is 4.22. The zero-order valence-corrected chi connectivity index (χ0v) is 12.3. The second-order valence-electron chi connectivity index (χ2n) is 5.77. The quantitative estimate of drug-likeness (QED) is 0.495. The van der Waals surface area contributed by atoms with Crippen molar-refractivity contribution in [1.82, 2.24) is 5.32 Å². The molecule has 0 aromatic rings. The number of aliphatic carboxylic acids is 1. The van der Waals surface area contributed by atoms with Gasteiger partial charge in [-0.3, -0.25) is 9.59 Å². The van der Waals surface area contributed by atoms with Gasteiger partial charge in [0.25, 0.3) is 0 Å². The first-order valence-electron chi connectivity index (χ1n) is 7.43. The summed E-state index contributed by atoms with van der Waals surface area (Å²) in [6, 6.07) is -1.10. The van der Waals surface area contributed by atoms with E-state index in [4.69, 9.17) is 16.6 Å². The summed E-state index contributed by atoms with van der Waals surface area (Å²) in [6.45, 7) is 0.209. The van der Waals surface area contributed by atoms with Gasteiger partial charge in [-0.05, 0) is 19.3 Å². The largest absolute Gasteiger partial charge is 0.480 e. The average Bonchev–Trinajstić information content (AvgIpc) is 2.68. The number of rotatable bonds is 7. The lowest BCUT2D eigenvalue weighted by molar-refractivity contribution is -0.144. The van der Waals surface area contributed by atoms with E-state index in [-0.39, 0.29) is 25.3 Å². The van der Waals surface area contributed by atoms with E-state index in [0.717, 1.165) is 25.7 Å². The molecule has 1 aliphatic rings. The molecule has 0 spiro atoms. The lowest BCUT2D eigenvalue weighted by Gasteiger charge is -2.31. The minimum absolute atomic E-state index is 0.00292. The summed E-state index contributed by atoms with van der Waals surface area (Å²) < 4.78 is 0. The topological polar surface area (TPSA) is 136 Å². The number of nitrogens with one attached hydrogen (secondary N) is 1. The Hall–Kier alpha value is -1.63. The highest BCUT2D eigenvalue weighted by Crippen LogP contribution is 2.34. The Balaban J connectivity index is 2.73. The average molecular weight is 299 g/mol. The number of carboxylic acids is 1. The zero-order chi connectivity index (χ0) is 15.9. The molecule has 0 saturated heterocycles. The van der Waals surface area contributed by atoms with Crippen LogP contribution in [0.1, 0.15) is 51.4 Å². The van der Waals surface area contributed by atoms with Crippen molar-refractivity contribution in [3.05, 3.63) is 0 Å². The van der Waals surface area contributed by atoms with Crippen LogP contribution in [0.25, 0.3) is 0 Å². The number of hydrogen-bond acceptors (Lipinski definition) is 4. The molecule has 1 fully saturated rings. The first-order chi connectivity index (χ1) is 9.91. The highest BCUT2D eigenvalue weighted by atomic mass is 16.4. The monoisotopic (exact) mass is 299 g/mol. The summed E-state index contributed by atoms with van der Waals surface area (Å²) in [5.41, 5.74) is 10.1. The fourth-order valence-electron chi connectivity index (χ4n) is 2.78. The minimum Gasteiger partial charge on any atom is -0.480 e. The Labute approximate surface area is 124 Å². The zero-order valence-electron chi connectivity index (χ0n) is 12.3. The van der Waals surface area contributed by atoms with Crippen LogP contribution in [0.2, 0.25) is 0 Å². The fourth-order valence-corrected chi connectivity index (χ4v) is 2.78. The van der Waals surface area contributed by atoms with E-state index >= 15 is 0 Å². The van der Waals surface area contributed by atoms with Crippen LogP contribution in [-0.4, -0.2) is 35.5 Å². The van der Waals surface area contributed by atoms with Crippen LogP contribution >= 0.6 is 0 Å². The molecule has 0 radical (unpaired) electrons. The van der Waals surface area contributed by atoms with E-state index in [2.05, 4.69) is 5.32 Å². The molecule has 0 unspecified atom stereocenters. The van der Waals surface area contributed by atoms with Gasteiger partial charge in [-0.25, -0.2) is 4.79 Å². The maximum absolute atomic E-state index is 12.5. The first kappa shape index (κ1) is 17.4. The van der Waals surface area contributed by atoms with Crippen LogP contribution < -0.4 is 16.8 Å². The molecular weight excluding hydrogens is 274 g/mol. The van der Waals surface area contributed by atoms with Gasteiger partial charge in [-0.1, -0.05) is 25.7 Å². The van der Waals surface area contributed by atoms with Gasteiger partial charge in [0.2, 0.25) is 11.8 Å². The van der Waals surface area contributed by atoms with Gasteiger partial charge in [0.15, 0.2) is 0 Å². The van der Waals surface area contributed by atoms with Crippen molar-refractivity contribution in [2.24, 2.45) is 16.9 Å². The van der Waals surface area contributed by atoms with E-state index in [0.29, 0.717) is 12.8 Å². The third kappa shape index (κ3) is 5.00. The van der Waals surface area contributed by atoms with Crippen LogP contribution in [0.15, 0.2) is 0 Å². The van der Waals surface area contributed by atoms with Gasteiger partial charge >= 0.3 is 5.97 Å². The lowest BCUT2D eigenvalue weighted by atomic mass is 9.79. The van der Waals surface area contributed by atoms with Gasteiger partial charge < -0.3 is 21.9 Å². The summed E-state index contributed by atoms with van der Waals surface area (Å²) in [6.07, 6.45) is 5.25. The van der Waals surface area contributed by atoms with Gasteiger partial charge in [-0.15, -0.1) is 0 Å². The molecule has 2 amide bonds. The van der Waals surface area contributed by atoms with Crippen molar-refractivity contribution in [2.45, 2.75) is 57.4 Å². The lowest BCUT2D eigenvalue weighted by Crippen LogP contribution is -2.51. The van der Waals surface area contributed by atoms with Crippen molar-refractivity contribution < 1.29 is 19.5 Å². The molecule has 0 aromatic carbocycles. The highest BCUT2D eigenvalue weighted by molar-refractivity contribution is 5.88. The molecule has 1 aliphatic carbocycles. The number of carbonyl (C=O) groups is 3. The predicted octanol–water partition coefficient (Wildman–Crippen LogP) is 0.121. The van der Waals surface area contributed by atoms with E-state index in [1.807, 2.05) is 0 Å². The molecule has 7 nitrogen and oxygen atoms in total. The van der Waals surface area contributed by atoms with Crippen molar-refractivity contribution in [1.29, 1.82) is 0 Å². The Bertz CT molecular complexity index is 390.